The molecule has 2 N–H and O–H groups in total. The van der Waals surface area contributed by atoms with Crippen LogP contribution < -0.4 is 5.73 Å². The van der Waals surface area contributed by atoms with Crippen molar-refractivity contribution >= 4 is 5.91 Å². The highest BCUT2D eigenvalue weighted by atomic mass is 16.2. The van der Waals surface area contributed by atoms with Crippen molar-refractivity contribution in [3.05, 3.63) is 0 Å². The maximum atomic E-state index is 11.6. The fourth-order valence-electron chi connectivity index (χ4n) is 1.76. The van der Waals surface area contributed by atoms with Gasteiger partial charge in [-0.25, -0.2) is 0 Å². The summed E-state index contributed by atoms with van der Waals surface area (Å²) in [6, 6.07) is -0.359. The lowest BCUT2D eigenvalue weighted by Gasteiger charge is -2.32. The highest BCUT2D eigenvalue weighted by Crippen LogP contribution is 2.28. The molecule has 1 atom stereocenters. The van der Waals surface area contributed by atoms with Gasteiger partial charge < -0.3 is 10.6 Å². The molecule has 1 fully saturated rings. The number of carbonyl (C=O) groups excluding carboxylic acids is 1. The fraction of sp³-hybridized carbons (Fsp3) is 0.889. The van der Waals surface area contributed by atoms with Crippen LogP contribution in [0.4, 0.5) is 0 Å². The van der Waals surface area contributed by atoms with Gasteiger partial charge in [0, 0.05) is 12.1 Å². The molecule has 1 amide bonds. The van der Waals surface area contributed by atoms with Crippen molar-refractivity contribution in [3.63, 3.8) is 0 Å². The van der Waals surface area contributed by atoms with E-state index < -0.39 is 0 Å². The molecule has 3 heteroatoms. The highest BCUT2D eigenvalue weighted by Gasteiger charge is 2.36. The van der Waals surface area contributed by atoms with E-state index in [0.717, 1.165) is 19.4 Å². The normalized spacial score (nSPS) is 24.2. The first kappa shape index (κ1) is 9.52. The lowest BCUT2D eigenvalue weighted by molar-refractivity contribution is -0.135. The van der Waals surface area contributed by atoms with Crippen LogP contribution in [0.15, 0.2) is 0 Å². The molecule has 1 aliphatic heterocycles. The Balaban J connectivity index is 2.69. The van der Waals surface area contributed by atoms with E-state index in [1.807, 2.05) is 4.90 Å². The van der Waals surface area contributed by atoms with Crippen molar-refractivity contribution in [2.75, 3.05) is 6.54 Å². The fourth-order valence-corrected chi connectivity index (χ4v) is 1.76. The highest BCUT2D eigenvalue weighted by molar-refractivity contribution is 5.82. The van der Waals surface area contributed by atoms with Crippen LogP contribution in [0.1, 0.15) is 33.6 Å². The Hall–Kier alpha value is -0.570. The Morgan fingerprint density at radius 1 is 1.58 bits per heavy atom. The molecule has 0 aromatic rings. The van der Waals surface area contributed by atoms with E-state index in [1.165, 1.54) is 0 Å². The zero-order valence-corrected chi connectivity index (χ0v) is 8.13. The summed E-state index contributed by atoms with van der Waals surface area (Å²) in [6.45, 7) is 6.81. The minimum atomic E-state index is -0.359. The Morgan fingerprint density at radius 2 is 2.17 bits per heavy atom. The van der Waals surface area contributed by atoms with Gasteiger partial charge in [-0.15, -0.1) is 0 Å². The summed E-state index contributed by atoms with van der Waals surface area (Å²) >= 11 is 0. The van der Waals surface area contributed by atoms with Crippen LogP contribution in [0, 0.1) is 0 Å². The third-order valence-corrected chi connectivity index (χ3v) is 2.56. The van der Waals surface area contributed by atoms with Gasteiger partial charge in [0.2, 0.25) is 5.91 Å². The first-order valence-corrected chi connectivity index (χ1v) is 4.52. The predicted molar refractivity (Wildman–Crippen MR) is 48.7 cm³/mol. The molecule has 1 rings (SSSR count). The van der Waals surface area contributed by atoms with Gasteiger partial charge in [0.15, 0.2) is 0 Å². The summed E-state index contributed by atoms with van der Waals surface area (Å²) in [5.41, 5.74) is 5.56. The minimum absolute atomic E-state index is 0.0186. The largest absolute Gasteiger partial charge is 0.336 e. The Kier molecular flexibility index (Phi) is 2.42. The minimum Gasteiger partial charge on any atom is -0.336 e. The van der Waals surface area contributed by atoms with E-state index in [2.05, 4.69) is 13.8 Å². The summed E-state index contributed by atoms with van der Waals surface area (Å²) in [5.74, 6) is 0.0810. The molecule has 1 aliphatic rings. The van der Waals surface area contributed by atoms with Crippen molar-refractivity contribution in [2.24, 2.45) is 5.73 Å². The molecular formula is C9H18N2O. The van der Waals surface area contributed by atoms with Crippen molar-refractivity contribution < 1.29 is 4.79 Å². The Morgan fingerprint density at radius 3 is 2.50 bits per heavy atom. The molecule has 70 valence electrons. The van der Waals surface area contributed by atoms with Crippen LogP contribution in [0.2, 0.25) is 0 Å². The SMILES string of the molecule is CC(N)C(=O)N1CCCC1(C)C. The summed E-state index contributed by atoms with van der Waals surface area (Å²) < 4.78 is 0. The van der Waals surface area contributed by atoms with E-state index in [4.69, 9.17) is 5.73 Å². The summed E-state index contributed by atoms with van der Waals surface area (Å²) in [6.07, 6.45) is 2.19. The quantitative estimate of drug-likeness (QED) is 0.630. The molecule has 0 bridgehead atoms. The molecule has 1 saturated heterocycles. The van der Waals surface area contributed by atoms with Gasteiger partial charge in [0.05, 0.1) is 6.04 Å². The van der Waals surface area contributed by atoms with Gasteiger partial charge >= 0.3 is 0 Å². The molecule has 0 aliphatic carbocycles. The molecule has 1 unspecified atom stereocenters. The third kappa shape index (κ3) is 1.61. The standard InChI is InChI=1S/C9H18N2O/c1-7(10)8(12)11-6-4-5-9(11,2)3/h7H,4-6,10H2,1-3H3. The summed E-state index contributed by atoms with van der Waals surface area (Å²) in [4.78, 5) is 13.5. The second kappa shape index (κ2) is 3.05. The summed E-state index contributed by atoms with van der Waals surface area (Å²) in [7, 11) is 0. The van der Waals surface area contributed by atoms with Crippen LogP contribution in [-0.2, 0) is 4.79 Å². The molecule has 0 aromatic heterocycles. The third-order valence-electron chi connectivity index (χ3n) is 2.56. The average Bonchev–Trinajstić information content (AvgIpc) is 2.27. The first-order valence-electron chi connectivity index (χ1n) is 4.52. The van der Waals surface area contributed by atoms with Gasteiger partial charge in [0.25, 0.3) is 0 Å². The molecule has 1 heterocycles. The van der Waals surface area contributed by atoms with Gasteiger partial charge in [-0.05, 0) is 33.6 Å². The van der Waals surface area contributed by atoms with Crippen molar-refractivity contribution in [3.8, 4) is 0 Å². The van der Waals surface area contributed by atoms with Gasteiger partial charge in [-0.2, -0.15) is 0 Å². The second-order valence-electron chi connectivity index (χ2n) is 4.19. The number of likely N-dealkylation sites (tertiary alicyclic amines) is 1. The van der Waals surface area contributed by atoms with E-state index in [1.54, 1.807) is 6.92 Å². The van der Waals surface area contributed by atoms with E-state index >= 15 is 0 Å². The number of amides is 1. The lowest BCUT2D eigenvalue weighted by atomic mass is 10.0. The Bertz CT molecular complexity index is 187. The maximum Gasteiger partial charge on any atom is 0.239 e. The Labute approximate surface area is 73.9 Å². The maximum absolute atomic E-state index is 11.6. The number of hydrogen-bond donors (Lipinski definition) is 1. The number of rotatable bonds is 1. The molecule has 12 heavy (non-hydrogen) atoms. The predicted octanol–water partition coefficient (Wildman–Crippen LogP) is 0.735. The topological polar surface area (TPSA) is 46.3 Å². The molecule has 0 saturated carbocycles. The molecular weight excluding hydrogens is 152 g/mol. The van der Waals surface area contributed by atoms with Gasteiger partial charge in [-0.3, -0.25) is 4.79 Å². The zero-order valence-electron chi connectivity index (χ0n) is 8.13. The van der Waals surface area contributed by atoms with Gasteiger partial charge in [-0.1, -0.05) is 0 Å². The van der Waals surface area contributed by atoms with E-state index in [9.17, 15) is 4.79 Å². The first-order chi connectivity index (χ1) is 5.45. The zero-order chi connectivity index (χ0) is 9.35. The number of nitrogens with two attached hydrogens (primary N) is 1. The number of hydrogen-bond acceptors (Lipinski definition) is 2. The molecule has 0 spiro atoms. The van der Waals surface area contributed by atoms with Crippen LogP contribution in [0.25, 0.3) is 0 Å². The molecule has 0 radical (unpaired) electrons. The van der Waals surface area contributed by atoms with Crippen molar-refractivity contribution in [1.29, 1.82) is 0 Å². The van der Waals surface area contributed by atoms with Gasteiger partial charge in [0.1, 0.15) is 0 Å². The number of nitrogens with zero attached hydrogens (tertiary/aromatic N) is 1. The van der Waals surface area contributed by atoms with Crippen molar-refractivity contribution in [1.82, 2.24) is 4.90 Å². The smallest absolute Gasteiger partial charge is 0.239 e. The average molecular weight is 170 g/mol. The lowest BCUT2D eigenvalue weighted by Crippen LogP contribution is -2.49. The van der Waals surface area contributed by atoms with Crippen LogP contribution in [0.5, 0.6) is 0 Å². The number of carbonyl (C=O) groups is 1. The monoisotopic (exact) mass is 170 g/mol. The molecule has 3 nitrogen and oxygen atoms in total. The van der Waals surface area contributed by atoms with Crippen LogP contribution >= 0.6 is 0 Å². The second-order valence-corrected chi connectivity index (χ2v) is 4.19. The van der Waals surface area contributed by atoms with Crippen molar-refractivity contribution in [2.45, 2.75) is 45.2 Å². The van der Waals surface area contributed by atoms with E-state index in [0.29, 0.717) is 0 Å². The summed E-state index contributed by atoms with van der Waals surface area (Å²) in [5, 5.41) is 0. The molecule has 0 aromatic carbocycles. The van der Waals surface area contributed by atoms with Crippen LogP contribution in [-0.4, -0.2) is 28.9 Å². The van der Waals surface area contributed by atoms with E-state index in [-0.39, 0.29) is 17.5 Å². The van der Waals surface area contributed by atoms with Crippen LogP contribution in [0.3, 0.4) is 0 Å².